The number of amides is 1. The van der Waals surface area contributed by atoms with Crippen LogP contribution in [-0.4, -0.2) is 61.5 Å². The number of likely N-dealkylation sites (tertiary alicyclic amines) is 1. The molecule has 1 aliphatic heterocycles. The smallest absolute Gasteiger partial charge is 0.410 e. The van der Waals surface area contributed by atoms with Crippen LogP contribution >= 0.6 is 11.6 Å². The predicted octanol–water partition coefficient (Wildman–Crippen LogP) is 5.19. The highest BCUT2D eigenvalue weighted by atomic mass is 35.5. The van der Waals surface area contributed by atoms with Crippen molar-refractivity contribution in [3.8, 4) is 5.88 Å². The number of halogens is 2. The summed E-state index contributed by atoms with van der Waals surface area (Å²) in [5.74, 6) is 5.80. The summed E-state index contributed by atoms with van der Waals surface area (Å²) in [6.45, 7) is 10.3. The number of rotatable bonds is 6. The molecule has 1 fully saturated rings. The molecule has 39 heavy (non-hydrogen) atoms. The first-order chi connectivity index (χ1) is 18.4. The van der Waals surface area contributed by atoms with Crippen LogP contribution in [0.1, 0.15) is 64.8 Å². The molecule has 0 aliphatic carbocycles. The number of imidazole rings is 1. The topological polar surface area (TPSA) is 120 Å². The minimum Gasteiger partial charge on any atom is -0.469 e. The molecule has 1 aliphatic rings. The first-order valence-corrected chi connectivity index (χ1v) is 13.1. The lowest BCUT2D eigenvalue weighted by Gasteiger charge is -2.32. The molecule has 0 bridgehead atoms. The molecule has 4 heterocycles. The number of nitrogens with zero attached hydrogens (tertiary/aromatic N) is 6. The van der Waals surface area contributed by atoms with E-state index in [1.807, 2.05) is 27.7 Å². The second kappa shape index (κ2) is 11.6. The van der Waals surface area contributed by atoms with Crippen LogP contribution in [0.5, 0.6) is 5.88 Å². The number of aliphatic imine (C=N–C) groups is 1. The molecule has 1 saturated heterocycles. The Hall–Kier alpha value is -3.73. The van der Waals surface area contributed by atoms with E-state index in [0.29, 0.717) is 65.3 Å². The summed E-state index contributed by atoms with van der Waals surface area (Å²) in [6, 6.07) is 6.46. The summed E-state index contributed by atoms with van der Waals surface area (Å²) in [7, 11) is 0. The van der Waals surface area contributed by atoms with Gasteiger partial charge < -0.3 is 20.2 Å². The van der Waals surface area contributed by atoms with E-state index in [2.05, 4.69) is 15.1 Å². The van der Waals surface area contributed by atoms with Crippen LogP contribution in [0.25, 0.3) is 5.65 Å². The molecule has 12 heteroatoms. The molecular weight excluding hydrogens is 525 g/mol. The Bertz CT molecular complexity index is 1390. The van der Waals surface area contributed by atoms with Crippen LogP contribution in [0.2, 0.25) is 5.15 Å². The molecule has 1 amide bonds. The maximum Gasteiger partial charge on any atom is 0.410 e. The number of piperidine rings is 1. The van der Waals surface area contributed by atoms with Gasteiger partial charge in [-0.15, -0.1) is 0 Å². The van der Waals surface area contributed by atoms with Gasteiger partial charge in [-0.25, -0.2) is 14.2 Å². The molecule has 10 nitrogen and oxygen atoms in total. The van der Waals surface area contributed by atoms with Gasteiger partial charge in [0.25, 0.3) is 0 Å². The fourth-order valence-electron chi connectivity index (χ4n) is 4.35. The fourth-order valence-corrected chi connectivity index (χ4v) is 4.57. The molecule has 0 radical (unpaired) electrons. The maximum atomic E-state index is 13.3. The lowest BCUT2D eigenvalue weighted by molar-refractivity contribution is 0.0207. The monoisotopic (exact) mass is 557 g/mol. The van der Waals surface area contributed by atoms with Gasteiger partial charge >= 0.3 is 6.09 Å². The van der Waals surface area contributed by atoms with E-state index in [1.54, 1.807) is 34.4 Å². The number of ether oxygens (including phenoxy) is 2. The van der Waals surface area contributed by atoms with E-state index in [-0.39, 0.29) is 12.1 Å². The number of aromatic nitrogens is 3. The number of carbonyl (C=O) groups excluding carboxylic acids is 1. The van der Waals surface area contributed by atoms with E-state index < -0.39 is 17.5 Å². The number of fused-ring (bicyclic) bond motifs is 1. The zero-order valence-electron chi connectivity index (χ0n) is 22.7. The summed E-state index contributed by atoms with van der Waals surface area (Å²) in [5.41, 5.74) is 2.32. The zero-order chi connectivity index (χ0) is 28.3. The molecule has 3 aromatic rings. The van der Waals surface area contributed by atoms with E-state index in [9.17, 15) is 9.18 Å². The molecule has 0 unspecified atom stereocenters. The molecule has 208 valence electrons. The summed E-state index contributed by atoms with van der Waals surface area (Å²) in [6.07, 6.45) is 3.23. The second-order valence-corrected chi connectivity index (χ2v) is 10.8. The van der Waals surface area contributed by atoms with E-state index >= 15 is 0 Å². The number of pyridine rings is 2. The highest BCUT2D eigenvalue weighted by Crippen LogP contribution is 2.28. The lowest BCUT2D eigenvalue weighted by atomic mass is 10.0. The number of nitrogens with two attached hydrogens (primary N) is 1. The Balaban J connectivity index is 1.54. The van der Waals surface area contributed by atoms with Crippen molar-refractivity contribution in [1.29, 1.82) is 0 Å². The van der Waals surface area contributed by atoms with Crippen LogP contribution in [0.3, 0.4) is 0 Å². The largest absolute Gasteiger partial charge is 0.469 e. The third-order valence-corrected chi connectivity index (χ3v) is 6.50. The quantitative estimate of drug-likeness (QED) is 0.253. The summed E-state index contributed by atoms with van der Waals surface area (Å²) >= 11 is 6.39. The Kier molecular flexibility index (Phi) is 8.39. The van der Waals surface area contributed by atoms with Gasteiger partial charge in [0.05, 0.1) is 29.8 Å². The van der Waals surface area contributed by atoms with E-state index in [4.69, 9.17) is 31.9 Å². The third-order valence-electron chi connectivity index (χ3n) is 6.23. The molecule has 1 atom stereocenters. The fraction of sp³-hybridized carbons (Fsp3) is 0.444. The van der Waals surface area contributed by atoms with Crippen LogP contribution in [0.4, 0.5) is 9.18 Å². The van der Waals surface area contributed by atoms with Crippen molar-refractivity contribution in [2.24, 2.45) is 15.9 Å². The molecule has 2 N–H and O–H groups in total. The van der Waals surface area contributed by atoms with Crippen LogP contribution in [0.15, 0.2) is 46.8 Å². The van der Waals surface area contributed by atoms with Crippen molar-refractivity contribution in [3.05, 3.63) is 58.9 Å². The molecular formula is C27H33ClFN7O3. The van der Waals surface area contributed by atoms with Crippen molar-refractivity contribution < 1.29 is 18.7 Å². The molecule has 0 aromatic carbocycles. The standard InChI is InChI=1S/C27H33ClFN7O3/c1-16(33-20-8-10-35(11-9-20)26(37)39-27(3,4)5)25(34-30)18-12-23-32-15-22(28)36(23)24(13-18)38-17(2)21-7-6-19(29)14-31-21/h6-7,12-15,17,20H,8-11,30H2,1-5H3/b33-16?,34-25+/t17-/m1/s1. The third kappa shape index (κ3) is 6.83. The average Bonchev–Trinajstić information content (AvgIpc) is 3.25. The van der Waals surface area contributed by atoms with Crippen LogP contribution < -0.4 is 10.6 Å². The highest BCUT2D eigenvalue weighted by Gasteiger charge is 2.27. The summed E-state index contributed by atoms with van der Waals surface area (Å²) in [5, 5.41) is 4.39. The minimum absolute atomic E-state index is 0.00494. The van der Waals surface area contributed by atoms with Gasteiger partial charge in [0.15, 0.2) is 0 Å². The van der Waals surface area contributed by atoms with Crippen LogP contribution in [0, 0.1) is 5.82 Å². The van der Waals surface area contributed by atoms with Gasteiger partial charge in [0, 0.05) is 24.7 Å². The van der Waals surface area contributed by atoms with Gasteiger partial charge in [-0.2, -0.15) is 5.10 Å². The van der Waals surface area contributed by atoms with Gasteiger partial charge in [0.1, 0.15) is 34.0 Å². The Morgan fingerprint density at radius 3 is 2.54 bits per heavy atom. The van der Waals surface area contributed by atoms with Crippen molar-refractivity contribution >= 4 is 34.8 Å². The number of hydrogen-bond acceptors (Lipinski definition) is 8. The number of hydrazone groups is 1. The molecule has 0 saturated carbocycles. The second-order valence-electron chi connectivity index (χ2n) is 10.4. The summed E-state index contributed by atoms with van der Waals surface area (Å²) in [4.78, 5) is 27.5. The van der Waals surface area contributed by atoms with E-state index in [0.717, 1.165) is 6.20 Å². The lowest BCUT2D eigenvalue weighted by Crippen LogP contribution is -2.42. The van der Waals surface area contributed by atoms with Gasteiger partial charge in [-0.3, -0.25) is 14.4 Å². The Morgan fingerprint density at radius 1 is 1.21 bits per heavy atom. The predicted molar refractivity (Wildman–Crippen MR) is 148 cm³/mol. The number of hydrogen-bond donors (Lipinski definition) is 1. The normalized spacial score (nSPS) is 16.4. The molecule has 0 spiro atoms. The van der Waals surface area contributed by atoms with Gasteiger partial charge in [0.2, 0.25) is 5.88 Å². The maximum absolute atomic E-state index is 13.3. The first kappa shape index (κ1) is 28.3. The first-order valence-electron chi connectivity index (χ1n) is 12.7. The zero-order valence-corrected chi connectivity index (χ0v) is 23.4. The van der Waals surface area contributed by atoms with Crippen molar-refractivity contribution in [2.45, 2.75) is 65.2 Å². The van der Waals surface area contributed by atoms with Crippen molar-refractivity contribution in [3.63, 3.8) is 0 Å². The SMILES string of the molecule is CC(=NC1CCN(C(=O)OC(C)(C)C)CC1)/C(=N\N)c1cc(O[C@H](C)c2ccc(F)cn2)n2c(Cl)cnc2c1. The Labute approximate surface area is 231 Å². The Morgan fingerprint density at radius 2 is 1.92 bits per heavy atom. The minimum atomic E-state index is -0.536. The van der Waals surface area contributed by atoms with Crippen molar-refractivity contribution in [1.82, 2.24) is 19.3 Å². The molecule has 3 aromatic heterocycles. The van der Waals surface area contributed by atoms with Gasteiger partial charge in [-0.05, 0) is 65.7 Å². The van der Waals surface area contributed by atoms with Crippen molar-refractivity contribution in [2.75, 3.05) is 13.1 Å². The van der Waals surface area contributed by atoms with E-state index in [1.165, 1.54) is 12.3 Å². The highest BCUT2D eigenvalue weighted by molar-refractivity contribution is 6.47. The van der Waals surface area contributed by atoms with Crippen LogP contribution in [-0.2, 0) is 4.74 Å². The molecule has 4 rings (SSSR count). The number of carbonyl (C=O) groups is 1. The summed E-state index contributed by atoms with van der Waals surface area (Å²) < 4.78 is 26.7. The van der Waals surface area contributed by atoms with Gasteiger partial charge in [-0.1, -0.05) is 11.6 Å². The average molecular weight is 558 g/mol.